The lowest BCUT2D eigenvalue weighted by Crippen LogP contribution is -2.29. The van der Waals surface area contributed by atoms with Crippen LogP contribution >= 0.6 is 11.3 Å². The fraction of sp³-hybridized carbons (Fsp3) is 0.200. The van der Waals surface area contributed by atoms with Gasteiger partial charge in [-0.2, -0.15) is 0 Å². The predicted octanol–water partition coefficient (Wildman–Crippen LogP) is 4.71. The number of ketones is 1. The Morgan fingerprint density at radius 2 is 2.00 bits per heavy atom. The summed E-state index contributed by atoms with van der Waals surface area (Å²) in [6.45, 7) is 0.667. The van der Waals surface area contributed by atoms with Crippen molar-refractivity contribution in [1.29, 1.82) is 0 Å². The molecule has 0 bridgehead atoms. The van der Waals surface area contributed by atoms with Gasteiger partial charge in [0.05, 0.1) is 25.0 Å². The van der Waals surface area contributed by atoms with E-state index >= 15 is 0 Å². The largest absolute Gasteiger partial charge is 0.507 e. The first kappa shape index (κ1) is 20.3. The van der Waals surface area contributed by atoms with Gasteiger partial charge >= 0.3 is 0 Å². The molecule has 1 aromatic heterocycles. The van der Waals surface area contributed by atoms with Gasteiger partial charge in [-0.1, -0.05) is 18.2 Å². The Bertz CT molecular complexity index is 1230. The Balaban J connectivity index is 1.69. The van der Waals surface area contributed by atoms with E-state index in [2.05, 4.69) is 0 Å². The smallest absolute Gasteiger partial charge is 0.300 e. The van der Waals surface area contributed by atoms with Gasteiger partial charge in [0.1, 0.15) is 23.3 Å². The molecular weight excluding hydrogens is 426 g/mol. The summed E-state index contributed by atoms with van der Waals surface area (Å²) in [6, 6.07) is 15.4. The predicted molar refractivity (Wildman–Crippen MR) is 122 cm³/mol. The van der Waals surface area contributed by atoms with E-state index in [0.29, 0.717) is 23.6 Å². The van der Waals surface area contributed by atoms with Crippen LogP contribution in [0.25, 0.3) is 5.76 Å². The zero-order valence-corrected chi connectivity index (χ0v) is 18.2. The summed E-state index contributed by atoms with van der Waals surface area (Å²) >= 11 is 1.42. The minimum absolute atomic E-state index is 0.0695. The molecule has 1 N–H and O–H groups in total. The van der Waals surface area contributed by atoms with E-state index < -0.39 is 17.7 Å². The summed E-state index contributed by atoms with van der Waals surface area (Å²) in [7, 11) is 1.52. The first-order valence-electron chi connectivity index (χ1n) is 10.3. The molecular formula is C25H21NO5S. The number of rotatable bonds is 4. The van der Waals surface area contributed by atoms with Gasteiger partial charge in [-0.05, 0) is 60.2 Å². The molecule has 7 heteroatoms. The number of nitrogens with zero attached hydrogens (tertiary/aromatic N) is 1. The van der Waals surface area contributed by atoms with Gasteiger partial charge < -0.3 is 14.6 Å². The maximum atomic E-state index is 13.2. The number of aliphatic hydroxyl groups is 1. The second-order valence-corrected chi connectivity index (χ2v) is 8.61. The van der Waals surface area contributed by atoms with Crippen molar-refractivity contribution in [2.45, 2.75) is 18.9 Å². The summed E-state index contributed by atoms with van der Waals surface area (Å²) in [5.41, 5.74) is 2.02. The summed E-state index contributed by atoms with van der Waals surface area (Å²) in [6.07, 6.45) is 1.73. The molecule has 0 spiro atoms. The second-order valence-electron chi connectivity index (χ2n) is 7.63. The van der Waals surface area contributed by atoms with Crippen LogP contribution in [0, 0.1) is 0 Å². The van der Waals surface area contributed by atoms with E-state index in [0.717, 1.165) is 29.0 Å². The molecule has 0 aliphatic carbocycles. The maximum absolute atomic E-state index is 13.2. The number of aliphatic hydroxyl groups excluding tert-OH is 1. The van der Waals surface area contributed by atoms with Crippen LogP contribution < -0.4 is 14.4 Å². The summed E-state index contributed by atoms with van der Waals surface area (Å²) in [5, 5.41) is 13.2. The van der Waals surface area contributed by atoms with E-state index in [9.17, 15) is 14.7 Å². The van der Waals surface area contributed by atoms with Gasteiger partial charge in [0.15, 0.2) is 0 Å². The van der Waals surface area contributed by atoms with Crippen LogP contribution in [0.15, 0.2) is 65.6 Å². The van der Waals surface area contributed by atoms with Gasteiger partial charge in [0.25, 0.3) is 11.7 Å². The van der Waals surface area contributed by atoms with E-state index in [-0.39, 0.29) is 11.3 Å². The molecule has 2 aromatic carbocycles. The number of hydrogen-bond donors (Lipinski definition) is 1. The first-order chi connectivity index (χ1) is 15.6. The van der Waals surface area contributed by atoms with E-state index in [1.54, 1.807) is 36.4 Å². The number of aryl methyl sites for hydroxylation is 1. The fourth-order valence-electron chi connectivity index (χ4n) is 4.29. The molecule has 1 amide bonds. The molecule has 1 unspecified atom stereocenters. The van der Waals surface area contributed by atoms with Gasteiger partial charge in [0, 0.05) is 10.4 Å². The molecule has 162 valence electrons. The Labute approximate surface area is 189 Å². The van der Waals surface area contributed by atoms with Crippen LogP contribution in [0.3, 0.4) is 0 Å². The molecule has 1 saturated heterocycles. The van der Waals surface area contributed by atoms with E-state index in [4.69, 9.17) is 9.47 Å². The molecule has 5 rings (SSSR count). The van der Waals surface area contributed by atoms with Crippen LogP contribution in [-0.4, -0.2) is 30.5 Å². The van der Waals surface area contributed by atoms with Crippen molar-refractivity contribution in [2.24, 2.45) is 0 Å². The fourth-order valence-corrected chi connectivity index (χ4v) is 5.11. The quantitative estimate of drug-likeness (QED) is 0.356. The minimum Gasteiger partial charge on any atom is -0.507 e. The highest BCUT2D eigenvalue weighted by molar-refractivity contribution is 7.10. The summed E-state index contributed by atoms with van der Waals surface area (Å²) < 4.78 is 11.1. The number of thiophene rings is 1. The summed E-state index contributed by atoms with van der Waals surface area (Å²) in [4.78, 5) is 28.6. The number of ether oxygens (including phenoxy) is 2. The Kier molecular flexibility index (Phi) is 5.19. The molecule has 0 radical (unpaired) electrons. The molecule has 0 saturated carbocycles. The number of amides is 1. The van der Waals surface area contributed by atoms with Gasteiger partial charge in [0.2, 0.25) is 0 Å². The topological polar surface area (TPSA) is 76.1 Å². The monoisotopic (exact) mass is 447 g/mol. The number of methoxy groups -OCH3 is 1. The third-order valence-electron chi connectivity index (χ3n) is 5.78. The number of carbonyl (C=O) groups excluding carboxylic acids is 2. The van der Waals surface area contributed by atoms with Crippen LogP contribution in [0.1, 0.15) is 28.5 Å². The van der Waals surface area contributed by atoms with Crippen molar-refractivity contribution in [3.8, 4) is 11.5 Å². The van der Waals surface area contributed by atoms with Crippen LogP contribution in [0.5, 0.6) is 11.5 Å². The lowest BCUT2D eigenvalue weighted by Gasteiger charge is -2.25. The lowest BCUT2D eigenvalue weighted by molar-refractivity contribution is -0.132. The van der Waals surface area contributed by atoms with Gasteiger partial charge in [-0.3, -0.25) is 14.5 Å². The number of para-hydroxylation sites is 2. The van der Waals surface area contributed by atoms with Crippen LogP contribution in [0.4, 0.5) is 5.69 Å². The zero-order valence-electron chi connectivity index (χ0n) is 17.4. The lowest BCUT2D eigenvalue weighted by atomic mass is 9.97. The summed E-state index contributed by atoms with van der Waals surface area (Å²) in [5.74, 6) is -0.344. The Hall–Kier alpha value is -3.58. The van der Waals surface area contributed by atoms with Crippen molar-refractivity contribution in [1.82, 2.24) is 0 Å². The highest BCUT2D eigenvalue weighted by atomic mass is 32.1. The number of benzene rings is 2. The van der Waals surface area contributed by atoms with Crippen molar-refractivity contribution in [3.63, 3.8) is 0 Å². The number of carbonyl (C=O) groups is 2. The van der Waals surface area contributed by atoms with Crippen LogP contribution in [-0.2, 0) is 16.0 Å². The molecule has 1 fully saturated rings. The minimum atomic E-state index is -0.751. The average Bonchev–Trinajstić information content (AvgIpc) is 3.45. The number of fused-ring (bicyclic) bond motifs is 1. The van der Waals surface area contributed by atoms with Crippen LogP contribution in [0.2, 0.25) is 0 Å². The normalized spacial score (nSPS) is 19.5. The Morgan fingerprint density at radius 3 is 2.78 bits per heavy atom. The van der Waals surface area contributed by atoms with Crippen molar-refractivity contribution >= 4 is 34.5 Å². The van der Waals surface area contributed by atoms with E-state index in [1.807, 2.05) is 23.6 Å². The van der Waals surface area contributed by atoms with Crippen molar-refractivity contribution in [2.75, 3.05) is 18.6 Å². The highest BCUT2D eigenvalue weighted by Gasteiger charge is 2.48. The standard InChI is InChI=1S/C25H21NO5S/c1-30-19-8-3-2-7-17(19)26-22(20-9-5-13-32-20)21(24(28)25(26)29)23(27)16-10-11-18-15(14-16)6-4-12-31-18/h2-3,5,7-11,13-14,22,27H,4,6,12H2,1H3/b23-21-. The average molecular weight is 448 g/mol. The maximum Gasteiger partial charge on any atom is 0.300 e. The van der Waals surface area contributed by atoms with E-state index in [1.165, 1.54) is 23.3 Å². The molecule has 1 atom stereocenters. The number of anilines is 1. The molecule has 3 heterocycles. The van der Waals surface area contributed by atoms with Gasteiger partial charge in [-0.25, -0.2) is 0 Å². The second kappa shape index (κ2) is 8.16. The van der Waals surface area contributed by atoms with Crippen molar-refractivity contribution in [3.05, 3.63) is 81.6 Å². The highest BCUT2D eigenvalue weighted by Crippen LogP contribution is 2.46. The SMILES string of the molecule is COc1ccccc1N1C(=O)C(=O)/C(=C(\O)c2ccc3c(c2)CCCO3)C1c1cccs1. The molecule has 3 aromatic rings. The zero-order chi connectivity index (χ0) is 22.2. The number of hydrogen-bond acceptors (Lipinski definition) is 6. The molecule has 2 aliphatic rings. The molecule has 2 aliphatic heterocycles. The first-order valence-corrected chi connectivity index (χ1v) is 11.2. The molecule has 6 nitrogen and oxygen atoms in total. The Morgan fingerprint density at radius 1 is 1.16 bits per heavy atom. The van der Waals surface area contributed by atoms with Crippen molar-refractivity contribution < 1.29 is 24.2 Å². The third kappa shape index (κ3) is 3.26. The number of Topliss-reactive ketones (excluding diaryl/α,β-unsaturated/α-hetero) is 1. The van der Waals surface area contributed by atoms with Gasteiger partial charge in [-0.15, -0.1) is 11.3 Å². The third-order valence-corrected chi connectivity index (χ3v) is 6.71. The molecule has 32 heavy (non-hydrogen) atoms.